The van der Waals surface area contributed by atoms with Crippen LogP contribution in [0.3, 0.4) is 0 Å². The first-order chi connectivity index (χ1) is 6.22. The second-order valence-electron chi connectivity index (χ2n) is 2.82. The van der Waals surface area contributed by atoms with Crippen molar-refractivity contribution in [2.75, 3.05) is 19.0 Å². The van der Waals surface area contributed by atoms with Crippen LogP contribution < -0.4 is 15.8 Å². The zero-order valence-electron chi connectivity index (χ0n) is 7.82. The first-order valence-corrected chi connectivity index (χ1v) is 4.09. The zero-order valence-corrected chi connectivity index (χ0v) is 7.82. The van der Waals surface area contributed by atoms with Crippen molar-refractivity contribution < 1.29 is 4.74 Å². The smallest absolute Gasteiger partial charge is 0.233 e. The number of nitrogens with zero attached hydrogens (tertiary/aromatic N) is 2. The second kappa shape index (κ2) is 4.61. The van der Waals surface area contributed by atoms with Gasteiger partial charge in [0.25, 0.3) is 0 Å². The van der Waals surface area contributed by atoms with Crippen LogP contribution in [0.25, 0.3) is 0 Å². The maximum atomic E-state index is 5.56. The van der Waals surface area contributed by atoms with Gasteiger partial charge in [-0.2, -0.15) is 0 Å². The Bertz CT molecular complexity index is 247. The highest BCUT2D eigenvalue weighted by Crippen LogP contribution is 2.06. The van der Waals surface area contributed by atoms with Crippen molar-refractivity contribution in [3.8, 4) is 5.88 Å². The van der Waals surface area contributed by atoms with Crippen LogP contribution in [-0.2, 0) is 0 Å². The highest BCUT2D eigenvalue weighted by Gasteiger charge is 1.97. The highest BCUT2D eigenvalue weighted by molar-refractivity contribution is 5.34. The minimum Gasteiger partial charge on any atom is -0.480 e. The Morgan fingerprint density at radius 1 is 1.54 bits per heavy atom. The minimum atomic E-state index is 0.101. The van der Waals surface area contributed by atoms with Crippen molar-refractivity contribution in [3.63, 3.8) is 0 Å². The van der Waals surface area contributed by atoms with E-state index in [1.807, 2.05) is 6.92 Å². The third-order valence-electron chi connectivity index (χ3n) is 1.45. The minimum absolute atomic E-state index is 0.101. The second-order valence-corrected chi connectivity index (χ2v) is 2.82. The van der Waals surface area contributed by atoms with Gasteiger partial charge in [0.15, 0.2) is 0 Å². The van der Waals surface area contributed by atoms with Gasteiger partial charge >= 0.3 is 0 Å². The number of hydrogen-bond acceptors (Lipinski definition) is 5. The molecular formula is C8H14N4O. The fourth-order valence-electron chi connectivity index (χ4n) is 0.789. The monoisotopic (exact) mass is 182 g/mol. The van der Waals surface area contributed by atoms with Crippen LogP contribution in [0, 0.1) is 0 Å². The highest BCUT2D eigenvalue weighted by atomic mass is 16.5. The van der Waals surface area contributed by atoms with Gasteiger partial charge in [-0.3, -0.25) is 0 Å². The molecule has 0 spiro atoms. The predicted octanol–water partition coefficient (Wildman–Crippen LogP) is 0.244. The van der Waals surface area contributed by atoms with Crippen LogP contribution in [-0.4, -0.2) is 29.9 Å². The summed E-state index contributed by atoms with van der Waals surface area (Å²) in [6.07, 6.45) is 0. The lowest BCUT2D eigenvalue weighted by atomic mass is 10.3. The molecule has 0 aliphatic carbocycles. The summed E-state index contributed by atoms with van der Waals surface area (Å²) in [7, 11) is 1.55. The lowest BCUT2D eigenvalue weighted by Gasteiger charge is -2.07. The summed E-state index contributed by atoms with van der Waals surface area (Å²) >= 11 is 0. The van der Waals surface area contributed by atoms with E-state index in [-0.39, 0.29) is 6.04 Å². The Balaban J connectivity index is 2.49. The Morgan fingerprint density at radius 2 is 2.31 bits per heavy atom. The molecule has 13 heavy (non-hydrogen) atoms. The van der Waals surface area contributed by atoms with Crippen molar-refractivity contribution in [2.45, 2.75) is 13.0 Å². The summed E-state index contributed by atoms with van der Waals surface area (Å²) in [6.45, 7) is 2.60. The molecule has 0 saturated carbocycles. The van der Waals surface area contributed by atoms with Crippen LogP contribution in [0.2, 0.25) is 0 Å². The van der Waals surface area contributed by atoms with E-state index in [0.29, 0.717) is 18.2 Å². The Hall–Kier alpha value is -1.36. The molecule has 0 amide bonds. The van der Waals surface area contributed by atoms with Gasteiger partial charge in [-0.1, -0.05) is 0 Å². The average Bonchev–Trinajstić information content (AvgIpc) is 2.15. The maximum absolute atomic E-state index is 5.56. The van der Waals surface area contributed by atoms with Crippen molar-refractivity contribution in [3.05, 3.63) is 12.1 Å². The summed E-state index contributed by atoms with van der Waals surface area (Å²) in [6, 6.07) is 3.65. The molecule has 5 heteroatoms. The Labute approximate surface area is 77.3 Å². The summed E-state index contributed by atoms with van der Waals surface area (Å²) in [5.74, 6) is 1.21. The van der Waals surface area contributed by atoms with Crippen LogP contribution in [0.15, 0.2) is 12.1 Å². The summed E-state index contributed by atoms with van der Waals surface area (Å²) in [5, 5.41) is 10.7. The Kier molecular flexibility index (Phi) is 3.45. The molecular weight excluding hydrogens is 168 g/mol. The van der Waals surface area contributed by atoms with Gasteiger partial charge in [-0.15, -0.1) is 10.2 Å². The molecule has 0 bridgehead atoms. The summed E-state index contributed by atoms with van der Waals surface area (Å²) < 4.78 is 4.87. The van der Waals surface area contributed by atoms with Gasteiger partial charge < -0.3 is 15.8 Å². The van der Waals surface area contributed by atoms with Crippen molar-refractivity contribution in [2.24, 2.45) is 5.73 Å². The fourth-order valence-corrected chi connectivity index (χ4v) is 0.789. The number of methoxy groups -OCH3 is 1. The third-order valence-corrected chi connectivity index (χ3v) is 1.45. The quantitative estimate of drug-likeness (QED) is 0.698. The molecule has 0 aliphatic heterocycles. The first-order valence-electron chi connectivity index (χ1n) is 4.09. The van der Waals surface area contributed by atoms with Gasteiger partial charge in [-0.05, 0) is 13.0 Å². The standard InChI is InChI=1S/C8H14N4O/c1-6(9)5-10-7-3-4-8(13-2)12-11-7/h3-4,6H,5,9H2,1-2H3,(H,10,11). The van der Waals surface area contributed by atoms with Gasteiger partial charge in [0.05, 0.1) is 7.11 Å². The SMILES string of the molecule is COc1ccc(NCC(C)N)nn1. The number of anilines is 1. The summed E-state index contributed by atoms with van der Waals surface area (Å²) in [4.78, 5) is 0. The molecule has 72 valence electrons. The number of nitrogens with two attached hydrogens (primary N) is 1. The average molecular weight is 182 g/mol. The van der Waals surface area contributed by atoms with E-state index in [2.05, 4.69) is 15.5 Å². The molecule has 3 N–H and O–H groups in total. The van der Waals surface area contributed by atoms with Gasteiger partial charge in [-0.25, -0.2) is 0 Å². The third kappa shape index (κ3) is 3.25. The van der Waals surface area contributed by atoms with E-state index in [9.17, 15) is 0 Å². The molecule has 1 atom stereocenters. The lowest BCUT2D eigenvalue weighted by molar-refractivity contribution is 0.392. The van der Waals surface area contributed by atoms with E-state index in [4.69, 9.17) is 10.5 Å². The van der Waals surface area contributed by atoms with Crippen molar-refractivity contribution in [1.29, 1.82) is 0 Å². The molecule has 1 heterocycles. The largest absolute Gasteiger partial charge is 0.480 e. The van der Waals surface area contributed by atoms with Crippen LogP contribution in [0.4, 0.5) is 5.82 Å². The van der Waals surface area contributed by atoms with E-state index in [1.165, 1.54) is 0 Å². The van der Waals surface area contributed by atoms with Crippen LogP contribution >= 0.6 is 0 Å². The molecule has 5 nitrogen and oxygen atoms in total. The van der Waals surface area contributed by atoms with Crippen LogP contribution in [0.5, 0.6) is 5.88 Å². The fraction of sp³-hybridized carbons (Fsp3) is 0.500. The van der Waals surface area contributed by atoms with Crippen molar-refractivity contribution in [1.82, 2.24) is 10.2 Å². The first kappa shape index (κ1) is 9.73. The molecule has 1 unspecified atom stereocenters. The summed E-state index contributed by atoms with van der Waals surface area (Å²) in [5.41, 5.74) is 5.56. The molecule has 0 aliphatic rings. The van der Waals surface area contributed by atoms with E-state index in [1.54, 1.807) is 19.2 Å². The van der Waals surface area contributed by atoms with E-state index >= 15 is 0 Å². The molecule has 0 aromatic carbocycles. The van der Waals surface area contributed by atoms with Crippen molar-refractivity contribution >= 4 is 5.82 Å². The van der Waals surface area contributed by atoms with E-state index < -0.39 is 0 Å². The maximum Gasteiger partial charge on any atom is 0.233 e. The number of hydrogen-bond donors (Lipinski definition) is 2. The lowest BCUT2D eigenvalue weighted by Crippen LogP contribution is -2.25. The number of ether oxygens (including phenoxy) is 1. The Morgan fingerprint density at radius 3 is 2.77 bits per heavy atom. The molecule has 1 aromatic heterocycles. The number of nitrogens with one attached hydrogen (secondary N) is 1. The number of aromatic nitrogens is 2. The van der Waals surface area contributed by atoms with Crippen LogP contribution in [0.1, 0.15) is 6.92 Å². The number of rotatable bonds is 4. The van der Waals surface area contributed by atoms with E-state index in [0.717, 1.165) is 0 Å². The predicted molar refractivity (Wildman–Crippen MR) is 50.7 cm³/mol. The molecule has 1 aromatic rings. The molecule has 0 radical (unpaired) electrons. The molecule has 0 saturated heterocycles. The van der Waals surface area contributed by atoms with Gasteiger partial charge in [0.1, 0.15) is 5.82 Å². The van der Waals surface area contributed by atoms with Gasteiger partial charge in [0, 0.05) is 18.7 Å². The zero-order chi connectivity index (χ0) is 9.68. The topological polar surface area (TPSA) is 73.1 Å². The van der Waals surface area contributed by atoms with Gasteiger partial charge in [0.2, 0.25) is 5.88 Å². The molecule has 1 rings (SSSR count). The normalized spacial score (nSPS) is 12.2. The molecule has 0 fully saturated rings.